The molecule has 5 heteroatoms. The molecule has 3 nitrogen and oxygen atoms in total. The number of hydrogen-bond acceptors (Lipinski definition) is 2. The average Bonchev–Trinajstić information content (AvgIpc) is 2.45. The number of hydrogen-bond donors (Lipinski definition) is 0. The first-order chi connectivity index (χ1) is 9.61. The molecule has 0 unspecified atom stereocenters. The lowest BCUT2D eigenvalue weighted by Crippen LogP contribution is -2.49. The van der Waals surface area contributed by atoms with Crippen molar-refractivity contribution in [2.45, 2.75) is 26.2 Å². The molecule has 0 aliphatic carbocycles. The summed E-state index contributed by atoms with van der Waals surface area (Å²) in [7, 11) is 0. The molecule has 0 atom stereocenters. The van der Waals surface area contributed by atoms with E-state index in [0.29, 0.717) is 38.3 Å². The fraction of sp³-hybridized carbons (Fsp3) is 0.533. The van der Waals surface area contributed by atoms with E-state index in [-0.39, 0.29) is 5.91 Å². The summed E-state index contributed by atoms with van der Waals surface area (Å²) in [5.74, 6) is -0.943. The molecule has 0 saturated carbocycles. The van der Waals surface area contributed by atoms with Crippen molar-refractivity contribution in [3.8, 4) is 0 Å². The van der Waals surface area contributed by atoms with E-state index in [1.54, 1.807) is 0 Å². The van der Waals surface area contributed by atoms with Crippen LogP contribution in [0.25, 0.3) is 0 Å². The van der Waals surface area contributed by atoms with Crippen LogP contribution in [-0.2, 0) is 4.79 Å². The maximum absolute atomic E-state index is 13.7. The van der Waals surface area contributed by atoms with Gasteiger partial charge in [0.2, 0.25) is 5.91 Å². The minimum absolute atomic E-state index is 0.172. The van der Waals surface area contributed by atoms with E-state index in [1.807, 2.05) is 9.80 Å². The third kappa shape index (κ3) is 3.46. The molecule has 0 bridgehead atoms. The van der Waals surface area contributed by atoms with E-state index in [0.717, 1.165) is 18.9 Å². The van der Waals surface area contributed by atoms with Gasteiger partial charge in [-0.05, 0) is 18.6 Å². The lowest BCUT2D eigenvalue weighted by molar-refractivity contribution is -0.131. The summed E-state index contributed by atoms with van der Waals surface area (Å²) >= 11 is 0. The zero-order chi connectivity index (χ0) is 14.5. The van der Waals surface area contributed by atoms with E-state index in [4.69, 9.17) is 0 Å². The van der Waals surface area contributed by atoms with E-state index in [9.17, 15) is 13.6 Å². The molecule has 1 aliphatic heterocycles. The lowest BCUT2D eigenvalue weighted by Gasteiger charge is -2.36. The Hall–Kier alpha value is -1.65. The Morgan fingerprint density at radius 1 is 1.20 bits per heavy atom. The number of nitrogens with zero attached hydrogens (tertiary/aromatic N) is 2. The van der Waals surface area contributed by atoms with Crippen LogP contribution in [0.2, 0.25) is 0 Å². The molecule has 1 aromatic carbocycles. The molecule has 1 aliphatic rings. The Balaban J connectivity index is 1.92. The number of rotatable bonds is 4. The number of carbonyl (C=O) groups excluding carboxylic acids is 1. The van der Waals surface area contributed by atoms with Crippen molar-refractivity contribution in [1.29, 1.82) is 0 Å². The van der Waals surface area contributed by atoms with E-state index >= 15 is 0 Å². The molecule has 1 fully saturated rings. The van der Waals surface area contributed by atoms with Crippen LogP contribution in [0.15, 0.2) is 18.2 Å². The van der Waals surface area contributed by atoms with Gasteiger partial charge in [0.25, 0.3) is 0 Å². The molecule has 0 aromatic heterocycles. The lowest BCUT2D eigenvalue weighted by atomic mass is 10.2. The quantitative estimate of drug-likeness (QED) is 0.848. The Morgan fingerprint density at radius 3 is 2.50 bits per heavy atom. The van der Waals surface area contributed by atoms with Gasteiger partial charge in [0.05, 0.1) is 5.69 Å². The number of benzene rings is 1. The first kappa shape index (κ1) is 14.8. The summed E-state index contributed by atoms with van der Waals surface area (Å²) in [5.41, 5.74) is 0.409. The molecule has 0 radical (unpaired) electrons. The van der Waals surface area contributed by atoms with Gasteiger partial charge < -0.3 is 9.80 Å². The number of halogens is 2. The Kier molecular flexibility index (Phi) is 4.93. The molecule has 20 heavy (non-hydrogen) atoms. The maximum Gasteiger partial charge on any atom is 0.222 e. The monoisotopic (exact) mass is 282 g/mol. The number of piperazine rings is 1. The van der Waals surface area contributed by atoms with Gasteiger partial charge >= 0.3 is 0 Å². The normalized spacial score (nSPS) is 15.6. The predicted octanol–water partition coefficient (Wildman–Crippen LogP) is 2.80. The SMILES string of the molecule is CCCCC(=O)N1CCN(c2ccc(F)cc2F)CC1. The second-order valence-corrected chi connectivity index (χ2v) is 5.07. The highest BCUT2D eigenvalue weighted by molar-refractivity contribution is 5.76. The van der Waals surface area contributed by atoms with Crippen LogP contribution in [0.1, 0.15) is 26.2 Å². The minimum atomic E-state index is -0.570. The van der Waals surface area contributed by atoms with Gasteiger partial charge in [-0.2, -0.15) is 0 Å². The maximum atomic E-state index is 13.7. The molecule has 1 aromatic rings. The van der Waals surface area contributed by atoms with Gasteiger partial charge in [-0.25, -0.2) is 8.78 Å². The van der Waals surface area contributed by atoms with Crippen LogP contribution in [0, 0.1) is 11.6 Å². The van der Waals surface area contributed by atoms with Crippen molar-refractivity contribution >= 4 is 11.6 Å². The standard InChI is InChI=1S/C15H20F2N2O/c1-2-3-4-15(20)19-9-7-18(8-10-19)14-6-5-12(16)11-13(14)17/h5-6,11H,2-4,7-10H2,1H3. The summed E-state index contributed by atoms with van der Waals surface area (Å²) in [4.78, 5) is 15.6. The molecular weight excluding hydrogens is 262 g/mol. The van der Waals surface area contributed by atoms with Crippen LogP contribution in [0.3, 0.4) is 0 Å². The van der Waals surface area contributed by atoms with Gasteiger partial charge in [0, 0.05) is 38.7 Å². The van der Waals surface area contributed by atoms with Gasteiger partial charge in [0.15, 0.2) is 0 Å². The van der Waals surface area contributed by atoms with Crippen molar-refractivity contribution in [1.82, 2.24) is 4.90 Å². The van der Waals surface area contributed by atoms with Crippen molar-refractivity contribution < 1.29 is 13.6 Å². The average molecular weight is 282 g/mol. The Morgan fingerprint density at radius 2 is 1.90 bits per heavy atom. The van der Waals surface area contributed by atoms with Crippen LogP contribution in [0.5, 0.6) is 0 Å². The van der Waals surface area contributed by atoms with Crippen LogP contribution < -0.4 is 4.90 Å². The summed E-state index contributed by atoms with van der Waals surface area (Å²) < 4.78 is 26.6. The number of amides is 1. The zero-order valence-electron chi connectivity index (χ0n) is 11.7. The smallest absolute Gasteiger partial charge is 0.222 e. The number of anilines is 1. The molecule has 1 heterocycles. The Bertz CT molecular complexity index is 471. The summed E-state index contributed by atoms with van der Waals surface area (Å²) in [5, 5.41) is 0. The van der Waals surface area contributed by atoms with E-state index in [1.165, 1.54) is 12.1 Å². The fourth-order valence-corrected chi connectivity index (χ4v) is 2.42. The van der Waals surface area contributed by atoms with Crippen molar-refractivity contribution in [2.75, 3.05) is 31.1 Å². The first-order valence-corrected chi connectivity index (χ1v) is 7.09. The second kappa shape index (κ2) is 6.68. The summed E-state index contributed by atoms with van der Waals surface area (Å²) in [6, 6.07) is 3.62. The van der Waals surface area contributed by atoms with E-state index in [2.05, 4.69) is 6.92 Å². The molecule has 2 rings (SSSR count). The zero-order valence-corrected chi connectivity index (χ0v) is 11.7. The minimum Gasteiger partial charge on any atom is -0.366 e. The third-order valence-electron chi connectivity index (χ3n) is 3.63. The van der Waals surface area contributed by atoms with E-state index < -0.39 is 11.6 Å². The van der Waals surface area contributed by atoms with Crippen LogP contribution in [0.4, 0.5) is 14.5 Å². The highest BCUT2D eigenvalue weighted by Crippen LogP contribution is 2.21. The van der Waals surface area contributed by atoms with Gasteiger partial charge in [-0.3, -0.25) is 4.79 Å². The Labute approximate surface area is 118 Å². The molecule has 1 amide bonds. The second-order valence-electron chi connectivity index (χ2n) is 5.07. The van der Waals surface area contributed by atoms with Crippen LogP contribution in [-0.4, -0.2) is 37.0 Å². The molecule has 0 N–H and O–H groups in total. The molecule has 0 spiro atoms. The largest absolute Gasteiger partial charge is 0.366 e. The number of carbonyl (C=O) groups is 1. The highest BCUT2D eigenvalue weighted by Gasteiger charge is 2.22. The molecule has 1 saturated heterocycles. The van der Waals surface area contributed by atoms with Gasteiger partial charge in [-0.1, -0.05) is 13.3 Å². The predicted molar refractivity (Wildman–Crippen MR) is 74.7 cm³/mol. The van der Waals surface area contributed by atoms with Crippen LogP contribution >= 0.6 is 0 Å². The van der Waals surface area contributed by atoms with Crippen molar-refractivity contribution in [3.05, 3.63) is 29.8 Å². The van der Waals surface area contributed by atoms with Gasteiger partial charge in [-0.15, -0.1) is 0 Å². The highest BCUT2D eigenvalue weighted by atomic mass is 19.1. The van der Waals surface area contributed by atoms with Gasteiger partial charge in [0.1, 0.15) is 11.6 Å². The van der Waals surface area contributed by atoms with Crippen molar-refractivity contribution in [2.24, 2.45) is 0 Å². The first-order valence-electron chi connectivity index (χ1n) is 7.09. The topological polar surface area (TPSA) is 23.6 Å². The van der Waals surface area contributed by atoms with Crippen molar-refractivity contribution in [3.63, 3.8) is 0 Å². The number of unbranched alkanes of at least 4 members (excludes halogenated alkanes) is 1. The third-order valence-corrected chi connectivity index (χ3v) is 3.63. The summed E-state index contributed by atoms with van der Waals surface area (Å²) in [6.07, 6.45) is 2.50. The molecular formula is C15H20F2N2O. The summed E-state index contributed by atoms with van der Waals surface area (Å²) in [6.45, 7) is 4.42. The molecule has 110 valence electrons. The fourth-order valence-electron chi connectivity index (χ4n) is 2.42.